The van der Waals surface area contributed by atoms with Crippen LogP contribution in [-0.4, -0.2) is 36.1 Å². The molecule has 0 bridgehead atoms. The van der Waals surface area contributed by atoms with E-state index in [1.165, 1.54) is 32.1 Å². The molecule has 1 saturated carbocycles. The summed E-state index contributed by atoms with van der Waals surface area (Å²) in [7, 11) is -3.38. The largest absolute Gasteiger partial charge is 0.478 e. The molecule has 33 heavy (non-hydrogen) atoms. The van der Waals surface area contributed by atoms with Gasteiger partial charge in [-0.15, -0.1) is 0 Å². The molecule has 0 unspecified atom stereocenters. The zero-order chi connectivity index (χ0) is 23.8. The summed E-state index contributed by atoms with van der Waals surface area (Å²) in [5.41, 5.74) is 3.54. The number of carbonyl (C=O) groups is 1. The van der Waals surface area contributed by atoms with E-state index in [9.17, 15) is 18.3 Å². The van der Waals surface area contributed by atoms with Crippen molar-refractivity contribution < 1.29 is 18.3 Å². The molecular weight excluding hydrogens is 434 g/mol. The topological polar surface area (TPSA) is 74.7 Å². The van der Waals surface area contributed by atoms with Gasteiger partial charge in [0.15, 0.2) is 0 Å². The second kappa shape index (κ2) is 11.8. The minimum atomic E-state index is -3.38. The Morgan fingerprint density at radius 1 is 1.06 bits per heavy atom. The van der Waals surface area contributed by atoms with Gasteiger partial charge in [-0.3, -0.25) is 0 Å². The van der Waals surface area contributed by atoms with Crippen LogP contribution >= 0.6 is 0 Å². The van der Waals surface area contributed by atoms with Crippen molar-refractivity contribution in [3.8, 4) is 11.1 Å². The Labute approximate surface area is 198 Å². The first kappa shape index (κ1) is 25.4. The first-order valence-electron chi connectivity index (χ1n) is 12.2. The summed E-state index contributed by atoms with van der Waals surface area (Å²) < 4.78 is 28.0. The highest BCUT2D eigenvalue weighted by atomic mass is 32.2. The first-order chi connectivity index (χ1) is 15.8. The molecule has 0 aromatic heterocycles. The maximum Gasteiger partial charge on any atom is 0.336 e. The van der Waals surface area contributed by atoms with E-state index < -0.39 is 16.0 Å². The molecule has 3 rings (SSSR count). The van der Waals surface area contributed by atoms with E-state index in [4.69, 9.17) is 0 Å². The minimum Gasteiger partial charge on any atom is -0.478 e. The van der Waals surface area contributed by atoms with Crippen LogP contribution in [0.25, 0.3) is 11.1 Å². The van der Waals surface area contributed by atoms with Gasteiger partial charge in [-0.2, -0.15) is 4.31 Å². The van der Waals surface area contributed by atoms with Crippen LogP contribution in [0.4, 0.5) is 0 Å². The van der Waals surface area contributed by atoms with E-state index in [0.717, 1.165) is 29.5 Å². The number of unbranched alkanes of at least 4 members (excludes halogenated alkanes) is 1. The molecule has 0 saturated heterocycles. The Balaban J connectivity index is 1.89. The number of benzene rings is 2. The number of nitrogens with zero attached hydrogens (tertiary/aromatic N) is 1. The zero-order valence-electron chi connectivity index (χ0n) is 19.9. The van der Waals surface area contributed by atoms with E-state index in [1.54, 1.807) is 16.4 Å². The van der Waals surface area contributed by atoms with Crippen molar-refractivity contribution in [1.29, 1.82) is 0 Å². The summed E-state index contributed by atoms with van der Waals surface area (Å²) >= 11 is 0. The maximum absolute atomic E-state index is 13.2. The summed E-state index contributed by atoms with van der Waals surface area (Å²) in [6.07, 6.45) is 8.51. The number of carboxylic acid groups (broad SMARTS) is 1. The van der Waals surface area contributed by atoms with E-state index in [0.29, 0.717) is 24.4 Å². The van der Waals surface area contributed by atoms with Gasteiger partial charge in [0.25, 0.3) is 0 Å². The van der Waals surface area contributed by atoms with E-state index >= 15 is 0 Å². The van der Waals surface area contributed by atoms with Crippen molar-refractivity contribution in [2.75, 3.05) is 12.3 Å². The molecular formula is C27H37NO4S. The lowest BCUT2D eigenvalue weighted by molar-refractivity contribution is 0.0697. The highest BCUT2D eigenvalue weighted by Gasteiger charge is 2.24. The average Bonchev–Trinajstić information content (AvgIpc) is 2.81. The molecule has 0 spiro atoms. The number of rotatable bonds is 11. The summed E-state index contributed by atoms with van der Waals surface area (Å²) in [5, 5.41) is 9.74. The fraction of sp³-hybridized carbons (Fsp3) is 0.519. The molecule has 1 aliphatic carbocycles. The Kier molecular flexibility index (Phi) is 9.10. The van der Waals surface area contributed by atoms with Crippen LogP contribution in [0.1, 0.15) is 79.8 Å². The number of aryl methyl sites for hydroxylation is 1. The molecule has 0 amide bonds. The number of carboxylic acids is 1. The quantitative estimate of drug-likeness (QED) is 0.419. The van der Waals surface area contributed by atoms with Gasteiger partial charge in [0.05, 0.1) is 11.3 Å². The lowest BCUT2D eigenvalue weighted by Gasteiger charge is -2.27. The fourth-order valence-electron chi connectivity index (χ4n) is 4.75. The molecule has 0 aliphatic heterocycles. The smallest absolute Gasteiger partial charge is 0.336 e. The Bertz CT molecular complexity index is 1040. The SMILES string of the molecule is CCCCS(=O)(=O)N(CCC1CCCCC1)Cc1ccc(C(=O)O)c(-c2ccccc2C)c1. The summed E-state index contributed by atoms with van der Waals surface area (Å²) in [5.74, 6) is -0.226. The standard InChI is InChI=1S/C27H37NO4S/c1-3-4-18-33(31,32)28(17-16-22-11-6-5-7-12-22)20-23-14-15-25(27(29)30)26(19-23)24-13-9-8-10-21(24)2/h8-10,13-15,19,22H,3-7,11-12,16-18,20H2,1-2H3,(H,29,30). The van der Waals surface area contributed by atoms with Gasteiger partial charge in [-0.25, -0.2) is 13.2 Å². The molecule has 1 aliphatic rings. The van der Waals surface area contributed by atoms with E-state index in [2.05, 4.69) is 0 Å². The molecule has 1 fully saturated rings. The summed E-state index contributed by atoms with van der Waals surface area (Å²) in [6.45, 7) is 4.76. The Hall–Kier alpha value is -2.18. The average molecular weight is 472 g/mol. The second-order valence-corrected chi connectivity index (χ2v) is 11.4. The maximum atomic E-state index is 13.2. The molecule has 6 heteroatoms. The van der Waals surface area contributed by atoms with E-state index in [-0.39, 0.29) is 17.9 Å². The summed E-state index contributed by atoms with van der Waals surface area (Å²) in [4.78, 5) is 11.9. The van der Waals surface area contributed by atoms with Crippen LogP contribution in [0.5, 0.6) is 0 Å². The van der Waals surface area contributed by atoms with Gasteiger partial charge in [0.2, 0.25) is 10.0 Å². The van der Waals surface area contributed by atoms with Crippen LogP contribution in [0.15, 0.2) is 42.5 Å². The van der Waals surface area contributed by atoms with Gasteiger partial charge in [0, 0.05) is 13.1 Å². The van der Waals surface area contributed by atoms with Crippen molar-refractivity contribution in [3.63, 3.8) is 0 Å². The third-order valence-corrected chi connectivity index (χ3v) is 8.67. The van der Waals surface area contributed by atoms with Crippen LogP contribution in [0.2, 0.25) is 0 Å². The molecule has 0 radical (unpaired) electrons. The first-order valence-corrected chi connectivity index (χ1v) is 13.8. The summed E-state index contributed by atoms with van der Waals surface area (Å²) in [6, 6.07) is 12.9. The van der Waals surface area contributed by atoms with Crippen molar-refractivity contribution in [1.82, 2.24) is 4.31 Å². The Morgan fingerprint density at radius 3 is 2.45 bits per heavy atom. The van der Waals surface area contributed by atoms with Gasteiger partial charge in [-0.1, -0.05) is 75.8 Å². The van der Waals surface area contributed by atoms with Crippen LogP contribution < -0.4 is 0 Å². The number of aromatic carboxylic acids is 1. The monoisotopic (exact) mass is 471 g/mol. The molecule has 1 N–H and O–H groups in total. The highest BCUT2D eigenvalue weighted by Crippen LogP contribution is 2.30. The molecule has 0 atom stereocenters. The van der Waals surface area contributed by atoms with Gasteiger partial charge >= 0.3 is 5.97 Å². The number of sulfonamides is 1. The second-order valence-electron chi connectivity index (χ2n) is 9.30. The number of hydrogen-bond donors (Lipinski definition) is 1. The fourth-order valence-corrected chi connectivity index (χ4v) is 6.39. The molecule has 5 nitrogen and oxygen atoms in total. The minimum absolute atomic E-state index is 0.159. The van der Waals surface area contributed by atoms with Crippen molar-refractivity contribution in [2.45, 2.75) is 71.8 Å². The van der Waals surface area contributed by atoms with Crippen LogP contribution in [-0.2, 0) is 16.6 Å². The van der Waals surface area contributed by atoms with Crippen LogP contribution in [0.3, 0.4) is 0 Å². The van der Waals surface area contributed by atoms with Crippen molar-refractivity contribution in [3.05, 3.63) is 59.2 Å². The molecule has 0 heterocycles. The van der Waals surface area contributed by atoms with Crippen molar-refractivity contribution in [2.24, 2.45) is 5.92 Å². The third-order valence-electron chi connectivity index (χ3n) is 6.77. The highest BCUT2D eigenvalue weighted by molar-refractivity contribution is 7.89. The third kappa shape index (κ3) is 6.90. The zero-order valence-corrected chi connectivity index (χ0v) is 20.7. The van der Waals surface area contributed by atoms with Crippen LogP contribution in [0, 0.1) is 12.8 Å². The number of hydrogen-bond acceptors (Lipinski definition) is 3. The molecule has 2 aromatic rings. The molecule has 2 aromatic carbocycles. The van der Waals surface area contributed by atoms with Crippen molar-refractivity contribution >= 4 is 16.0 Å². The van der Waals surface area contributed by atoms with E-state index in [1.807, 2.05) is 44.2 Å². The normalized spacial score (nSPS) is 15.1. The lowest BCUT2D eigenvalue weighted by atomic mass is 9.87. The molecule has 180 valence electrons. The predicted octanol–water partition coefficient (Wildman–Crippen LogP) is 6.26. The lowest BCUT2D eigenvalue weighted by Crippen LogP contribution is -2.34. The van der Waals surface area contributed by atoms with Gasteiger partial charge in [-0.05, 0) is 60.1 Å². The van der Waals surface area contributed by atoms with Gasteiger partial charge < -0.3 is 5.11 Å². The Morgan fingerprint density at radius 2 is 1.79 bits per heavy atom. The van der Waals surface area contributed by atoms with Gasteiger partial charge in [0.1, 0.15) is 0 Å². The predicted molar refractivity (Wildman–Crippen MR) is 134 cm³/mol.